The molecule has 0 aliphatic carbocycles. The molecule has 2 rings (SSSR count). The third kappa shape index (κ3) is 5.95. The van der Waals surface area contributed by atoms with Gasteiger partial charge in [0.05, 0.1) is 6.61 Å². The smallest absolute Gasteiger partial charge is 0.330 e. The molecule has 128 valence electrons. The van der Waals surface area contributed by atoms with Gasteiger partial charge in [-0.25, -0.2) is 4.79 Å². The number of ether oxygens (including phenoxy) is 1. The van der Waals surface area contributed by atoms with Gasteiger partial charge in [-0.2, -0.15) is 0 Å². The molecule has 2 amide bonds. The number of anilines is 2. The molecule has 2 N–H and O–H groups in total. The molecule has 25 heavy (non-hydrogen) atoms. The lowest BCUT2D eigenvalue weighted by Gasteiger charge is -2.07. The fraction of sp³-hybridized carbons (Fsp3) is 0.105. The van der Waals surface area contributed by atoms with Crippen LogP contribution in [-0.4, -0.2) is 24.4 Å². The molecule has 0 aliphatic rings. The van der Waals surface area contributed by atoms with E-state index in [1.807, 2.05) is 18.2 Å². The zero-order valence-electron chi connectivity index (χ0n) is 13.7. The van der Waals surface area contributed by atoms with E-state index >= 15 is 0 Å². The fourth-order valence-corrected chi connectivity index (χ4v) is 1.98. The minimum atomic E-state index is -0.589. The van der Waals surface area contributed by atoms with Crippen LogP contribution in [-0.2, 0) is 14.3 Å². The summed E-state index contributed by atoms with van der Waals surface area (Å²) in [5.74, 6) is -1.37. The van der Waals surface area contributed by atoms with E-state index in [9.17, 15) is 14.4 Å². The van der Waals surface area contributed by atoms with Crippen LogP contribution >= 0.6 is 0 Å². The number of esters is 1. The molecule has 0 aromatic heterocycles. The fourth-order valence-electron chi connectivity index (χ4n) is 1.98. The van der Waals surface area contributed by atoms with Crippen LogP contribution in [0, 0.1) is 0 Å². The van der Waals surface area contributed by atoms with E-state index in [1.165, 1.54) is 0 Å². The van der Waals surface area contributed by atoms with Crippen LogP contribution < -0.4 is 10.6 Å². The van der Waals surface area contributed by atoms with E-state index in [0.29, 0.717) is 16.9 Å². The van der Waals surface area contributed by atoms with Gasteiger partial charge in [-0.1, -0.05) is 24.3 Å². The lowest BCUT2D eigenvalue weighted by atomic mass is 10.2. The predicted molar refractivity (Wildman–Crippen MR) is 95.2 cm³/mol. The molecule has 6 nitrogen and oxygen atoms in total. The van der Waals surface area contributed by atoms with Gasteiger partial charge in [-0.05, 0) is 37.3 Å². The summed E-state index contributed by atoms with van der Waals surface area (Å²) in [7, 11) is 0. The molecule has 0 atom stereocenters. The van der Waals surface area contributed by atoms with Crippen LogP contribution in [0.25, 0.3) is 0 Å². The Bertz CT molecular complexity index is 785. The molecule has 0 saturated carbocycles. The van der Waals surface area contributed by atoms with Crippen molar-refractivity contribution in [3.8, 4) is 0 Å². The van der Waals surface area contributed by atoms with Gasteiger partial charge in [0, 0.05) is 29.1 Å². The van der Waals surface area contributed by atoms with Crippen molar-refractivity contribution in [2.24, 2.45) is 0 Å². The normalized spacial score (nSPS) is 10.3. The monoisotopic (exact) mass is 338 g/mol. The molecular weight excluding hydrogens is 320 g/mol. The van der Waals surface area contributed by atoms with Crippen molar-refractivity contribution in [1.29, 1.82) is 0 Å². The second kappa shape index (κ2) is 9.02. The summed E-state index contributed by atoms with van der Waals surface area (Å²) >= 11 is 0. The molecule has 0 spiro atoms. The Balaban J connectivity index is 1.99. The summed E-state index contributed by atoms with van der Waals surface area (Å²) in [5.41, 5.74) is 1.52. The first-order valence-electron chi connectivity index (χ1n) is 7.71. The van der Waals surface area contributed by atoms with E-state index < -0.39 is 11.9 Å². The van der Waals surface area contributed by atoms with E-state index in [0.717, 1.165) is 12.2 Å². The molecule has 0 unspecified atom stereocenters. The molecule has 0 aliphatic heterocycles. The molecule has 2 aromatic carbocycles. The van der Waals surface area contributed by atoms with Crippen LogP contribution in [0.1, 0.15) is 17.3 Å². The van der Waals surface area contributed by atoms with Crippen LogP contribution in [0.4, 0.5) is 11.4 Å². The number of amides is 2. The number of benzene rings is 2. The molecule has 0 radical (unpaired) electrons. The lowest BCUT2D eigenvalue weighted by Crippen LogP contribution is -2.13. The van der Waals surface area contributed by atoms with Gasteiger partial charge in [0.1, 0.15) is 0 Å². The summed E-state index contributed by atoms with van der Waals surface area (Å²) in [6, 6.07) is 15.6. The molecule has 2 aromatic rings. The van der Waals surface area contributed by atoms with E-state index in [2.05, 4.69) is 10.6 Å². The average molecular weight is 338 g/mol. The van der Waals surface area contributed by atoms with Crippen molar-refractivity contribution in [2.45, 2.75) is 6.92 Å². The van der Waals surface area contributed by atoms with Crippen LogP contribution in [0.5, 0.6) is 0 Å². The summed E-state index contributed by atoms with van der Waals surface area (Å²) in [6.45, 7) is 1.92. The minimum Gasteiger partial charge on any atom is -0.463 e. The summed E-state index contributed by atoms with van der Waals surface area (Å²) in [5, 5.41) is 5.35. The van der Waals surface area contributed by atoms with E-state index in [4.69, 9.17) is 4.74 Å². The highest BCUT2D eigenvalue weighted by atomic mass is 16.5. The van der Waals surface area contributed by atoms with E-state index in [1.54, 1.807) is 43.3 Å². The Labute approximate surface area is 145 Å². The Morgan fingerprint density at radius 2 is 1.64 bits per heavy atom. The largest absolute Gasteiger partial charge is 0.463 e. The number of carbonyl (C=O) groups excluding carboxylic acids is 3. The van der Waals surface area contributed by atoms with Gasteiger partial charge < -0.3 is 15.4 Å². The average Bonchev–Trinajstić information content (AvgIpc) is 2.61. The molecule has 0 heterocycles. The van der Waals surface area contributed by atoms with Crippen LogP contribution in [0.15, 0.2) is 66.7 Å². The van der Waals surface area contributed by atoms with Crippen molar-refractivity contribution in [2.75, 3.05) is 17.2 Å². The molecule has 0 fully saturated rings. The third-order valence-corrected chi connectivity index (χ3v) is 3.08. The van der Waals surface area contributed by atoms with Gasteiger partial charge in [0.25, 0.3) is 5.91 Å². The maximum Gasteiger partial charge on any atom is 0.330 e. The minimum absolute atomic E-state index is 0.239. The van der Waals surface area contributed by atoms with Gasteiger partial charge in [-0.15, -0.1) is 0 Å². The first-order valence-corrected chi connectivity index (χ1v) is 7.71. The Hall–Kier alpha value is -3.41. The van der Waals surface area contributed by atoms with E-state index in [-0.39, 0.29) is 12.5 Å². The maximum atomic E-state index is 12.2. The SMILES string of the molecule is CCOC(=O)/C=C/C(=O)Nc1cccc(C(=O)Nc2ccccc2)c1. The van der Waals surface area contributed by atoms with Gasteiger partial charge >= 0.3 is 5.97 Å². The number of nitrogens with one attached hydrogen (secondary N) is 2. The Kier molecular flexibility index (Phi) is 6.47. The number of rotatable bonds is 6. The summed E-state index contributed by atoms with van der Waals surface area (Å²) in [4.78, 5) is 35.2. The van der Waals surface area contributed by atoms with Gasteiger partial charge in [0.15, 0.2) is 0 Å². The van der Waals surface area contributed by atoms with Gasteiger partial charge in [0.2, 0.25) is 5.91 Å². The van der Waals surface area contributed by atoms with Crippen molar-refractivity contribution in [3.05, 3.63) is 72.3 Å². The molecule has 0 bridgehead atoms. The topological polar surface area (TPSA) is 84.5 Å². The van der Waals surface area contributed by atoms with Crippen molar-refractivity contribution in [1.82, 2.24) is 0 Å². The zero-order chi connectivity index (χ0) is 18.1. The zero-order valence-corrected chi connectivity index (χ0v) is 13.7. The second-order valence-corrected chi connectivity index (χ2v) is 4.98. The number of carbonyl (C=O) groups is 3. The summed E-state index contributed by atoms with van der Waals surface area (Å²) < 4.78 is 4.69. The second-order valence-electron chi connectivity index (χ2n) is 4.98. The molecular formula is C19H18N2O4. The number of para-hydroxylation sites is 1. The quantitative estimate of drug-likeness (QED) is 0.626. The van der Waals surface area contributed by atoms with Gasteiger partial charge in [-0.3, -0.25) is 9.59 Å². The van der Waals surface area contributed by atoms with Crippen molar-refractivity contribution in [3.63, 3.8) is 0 Å². The van der Waals surface area contributed by atoms with Crippen molar-refractivity contribution >= 4 is 29.2 Å². The van der Waals surface area contributed by atoms with Crippen LogP contribution in [0.3, 0.4) is 0 Å². The number of hydrogen-bond donors (Lipinski definition) is 2. The Morgan fingerprint density at radius 1 is 0.920 bits per heavy atom. The lowest BCUT2D eigenvalue weighted by molar-refractivity contribution is -0.137. The highest BCUT2D eigenvalue weighted by Gasteiger charge is 2.08. The maximum absolute atomic E-state index is 12.2. The molecule has 6 heteroatoms. The standard InChI is InChI=1S/C19H18N2O4/c1-2-25-18(23)12-11-17(22)20-16-10-6-7-14(13-16)19(24)21-15-8-4-3-5-9-15/h3-13H,2H2,1H3,(H,20,22)(H,21,24)/b12-11+. The highest BCUT2D eigenvalue weighted by molar-refractivity contribution is 6.06. The highest BCUT2D eigenvalue weighted by Crippen LogP contribution is 2.13. The Morgan fingerprint density at radius 3 is 2.36 bits per heavy atom. The van der Waals surface area contributed by atoms with Crippen LogP contribution in [0.2, 0.25) is 0 Å². The first-order chi connectivity index (χ1) is 12.1. The molecule has 0 saturated heterocycles. The summed E-state index contributed by atoms with van der Waals surface area (Å²) in [6.07, 6.45) is 2.12. The number of hydrogen-bond acceptors (Lipinski definition) is 4. The first kappa shape index (κ1) is 17.9. The van der Waals surface area contributed by atoms with Crippen molar-refractivity contribution < 1.29 is 19.1 Å². The third-order valence-electron chi connectivity index (χ3n) is 3.08. The predicted octanol–water partition coefficient (Wildman–Crippen LogP) is 3.00.